The van der Waals surface area contributed by atoms with Crippen LogP contribution in [0.3, 0.4) is 0 Å². The number of benzene rings is 2. The lowest BCUT2D eigenvalue weighted by atomic mass is 10.1. The third-order valence-electron chi connectivity index (χ3n) is 5.97. The predicted octanol–water partition coefficient (Wildman–Crippen LogP) is 3.67. The standard InChI is InChI=1S/C26H30N4O5S2/c1-17-14-27-23(18(2)25(17)35-6)16-36(31)26-28-22-12-9-20(34-5)13-24(22)30(26)37(32,33)21-10-7-19(8-11-21)15-29(3)4/h7-14H,15-16H2,1-6H3. The molecule has 0 bridgehead atoms. The molecule has 0 fully saturated rings. The van der Waals surface area contributed by atoms with Gasteiger partial charge in [0.2, 0.25) is 5.16 Å². The van der Waals surface area contributed by atoms with Crippen LogP contribution in [0, 0.1) is 13.8 Å². The normalized spacial score (nSPS) is 12.7. The molecule has 2 aromatic carbocycles. The molecule has 196 valence electrons. The predicted molar refractivity (Wildman–Crippen MR) is 143 cm³/mol. The summed E-state index contributed by atoms with van der Waals surface area (Å²) in [6.07, 6.45) is 1.65. The molecule has 0 saturated carbocycles. The lowest BCUT2D eigenvalue weighted by molar-refractivity contribution is 0.402. The lowest BCUT2D eigenvalue weighted by Crippen LogP contribution is -2.18. The topological polar surface area (TPSA) is 104 Å². The van der Waals surface area contributed by atoms with Crippen molar-refractivity contribution in [3.8, 4) is 11.5 Å². The van der Waals surface area contributed by atoms with E-state index in [0.29, 0.717) is 29.3 Å². The van der Waals surface area contributed by atoms with Crippen molar-refractivity contribution in [2.45, 2.75) is 36.2 Å². The number of nitrogens with zero attached hydrogens (tertiary/aromatic N) is 4. The molecule has 0 saturated heterocycles. The molecule has 0 aliphatic carbocycles. The van der Waals surface area contributed by atoms with E-state index in [0.717, 1.165) is 20.7 Å². The van der Waals surface area contributed by atoms with E-state index in [2.05, 4.69) is 9.97 Å². The van der Waals surface area contributed by atoms with E-state index in [4.69, 9.17) is 9.47 Å². The quantitative estimate of drug-likeness (QED) is 0.316. The molecular weight excluding hydrogens is 512 g/mol. The summed E-state index contributed by atoms with van der Waals surface area (Å²) in [4.78, 5) is 11.0. The number of aryl methyl sites for hydroxylation is 1. The van der Waals surface area contributed by atoms with Crippen LogP contribution in [0.4, 0.5) is 0 Å². The number of ether oxygens (including phenoxy) is 2. The van der Waals surface area contributed by atoms with Gasteiger partial charge in [0.25, 0.3) is 10.0 Å². The maximum Gasteiger partial charge on any atom is 0.270 e. The van der Waals surface area contributed by atoms with Gasteiger partial charge in [0.15, 0.2) is 0 Å². The summed E-state index contributed by atoms with van der Waals surface area (Å²) in [5.41, 5.74) is 3.80. The highest BCUT2D eigenvalue weighted by Gasteiger charge is 2.28. The summed E-state index contributed by atoms with van der Waals surface area (Å²) < 4.78 is 53.4. The van der Waals surface area contributed by atoms with Crippen LogP contribution in [0.1, 0.15) is 22.4 Å². The Morgan fingerprint density at radius 3 is 2.35 bits per heavy atom. The van der Waals surface area contributed by atoms with Crippen molar-refractivity contribution in [2.75, 3.05) is 28.3 Å². The van der Waals surface area contributed by atoms with Crippen LogP contribution in [-0.2, 0) is 33.1 Å². The second kappa shape index (κ2) is 10.6. The highest BCUT2D eigenvalue weighted by Crippen LogP contribution is 2.30. The molecule has 9 nitrogen and oxygen atoms in total. The molecule has 11 heteroatoms. The summed E-state index contributed by atoms with van der Waals surface area (Å²) in [6, 6.07) is 11.6. The van der Waals surface area contributed by atoms with Gasteiger partial charge in [-0.25, -0.2) is 17.4 Å². The van der Waals surface area contributed by atoms with E-state index >= 15 is 0 Å². The summed E-state index contributed by atoms with van der Waals surface area (Å²) in [6.45, 7) is 4.39. The van der Waals surface area contributed by atoms with E-state index in [-0.39, 0.29) is 21.3 Å². The Hall–Kier alpha value is -3.28. The zero-order chi connectivity index (χ0) is 26.9. The van der Waals surface area contributed by atoms with Gasteiger partial charge in [0, 0.05) is 29.9 Å². The SMILES string of the molecule is COc1ccc2nc(S(=O)Cc3ncc(C)c(OC)c3C)n(S(=O)(=O)c3ccc(CN(C)C)cc3)c2c1. The second-order valence-electron chi connectivity index (χ2n) is 8.94. The summed E-state index contributed by atoms with van der Waals surface area (Å²) in [7, 11) is 0.968. The minimum absolute atomic E-state index is 0.0276. The van der Waals surface area contributed by atoms with Crippen LogP contribution in [0.15, 0.2) is 58.7 Å². The number of fused-ring (bicyclic) bond motifs is 1. The third-order valence-corrected chi connectivity index (χ3v) is 9.02. The molecule has 4 rings (SSSR count). The molecule has 2 heterocycles. The van der Waals surface area contributed by atoms with E-state index in [1.54, 1.807) is 55.8 Å². The zero-order valence-electron chi connectivity index (χ0n) is 21.7. The number of pyridine rings is 1. The maximum absolute atomic E-state index is 13.9. The van der Waals surface area contributed by atoms with Gasteiger partial charge in [-0.1, -0.05) is 12.1 Å². The Balaban J connectivity index is 1.85. The largest absolute Gasteiger partial charge is 0.497 e. The fourth-order valence-corrected chi connectivity index (χ4v) is 7.20. The van der Waals surface area contributed by atoms with Gasteiger partial charge in [0.05, 0.1) is 52.4 Å². The lowest BCUT2D eigenvalue weighted by Gasteiger charge is -2.14. The van der Waals surface area contributed by atoms with Crippen molar-refractivity contribution < 1.29 is 22.1 Å². The number of hydrogen-bond donors (Lipinski definition) is 0. The van der Waals surface area contributed by atoms with E-state index < -0.39 is 20.8 Å². The van der Waals surface area contributed by atoms with Crippen molar-refractivity contribution in [1.82, 2.24) is 18.8 Å². The van der Waals surface area contributed by atoms with Gasteiger partial charge in [-0.3, -0.25) is 9.19 Å². The first-order chi connectivity index (χ1) is 17.6. The fraction of sp³-hybridized carbons (Fsp3) is 0.308. The smallest absolute Gasteiger partial charge is 0.270 e. The Morgan fingerprint density at radius 2 is 1.73 bits per heavy atom. The van der Waals surface area contributed by atoms with Crippen LogP contribution in [0.25, 0.3) is 11.0 Å². The second-order valence-corrected chi connectivity index (χ2v) is 12.1. The molecule has 1 atom stereocenters. The van der Waals surface area contributed by atoms with Crippen LogP contribution >= 0.6 is 0 Å². The van der Waals surface area contributed by atoms with Crippen LogP contribution in [0.5, 0.6) is 11.5 Å². The first kappa shape index (κ1) is 26.8. The number of rotatable bonds is 9. The van der Waals surface area contributed by atoms with Gasteiger partial charge in [0.1, 0.15) is 11.5 Å². The molecule has 0 aliphatic heterocycles. The molecule has 0 spiro atoms. The molecular formula is C26H30N4O5S2. The number of methoxy groups -OCH3 is 2. The van der Waals surface area contributed by atoms with Crippen molar-refractivity contribution in [3.05, 3.63) is 71.0 Å². The zero-order valence-corrected chi connectivity index (χ0v) is 23.3. The van der Waals surface area contributed by atoms with Crippen molar-refractivity contribution in [3.63, 3.8) is 0 Å². The van der Waals surface area contributed by atoms with E-state index in [1.807, 2.05) is 32.8 Å². The summed E-state index contributed by atoms with van der Waals surface area (Å²) in [5.74, 6) is 1.09. The molecule has 1 unspecified atom stereocenters. The molecule has 2 aromatic heterocycles. The summed E-state index contributed by atoms with van der Waals surface area (Å²) in [5, 5.41) is -0.0821. The Labute approximate surface area is 219 Å². The number of imidazole rings is 1. The highest BCUT2D eigenvalue weighted by atomic mass is 32.2. The minimum atomic E-state index is -4.14. The van der Waals surface area contributed by atoms with Crippen molar-refractivity contribution in [2.24, 2.45) is 0 Å². The molecule has 0 radical (unpaired) electrons. The maximum atomic E-state index is 13.9. The van der Waals surface area contributed by atoms with Gasteiger partial charge < -0.3 is 14.4 Å². The first-order valence-electron chi connectivity index (χ1n) is 11.5. The Bertz CT molecular complexity index is 1580. The Kier molecular flexibility index (Phi) is 7.67. The molecule has 0 N–H and O–H groups in total. The third kappa shape index (κ3) is 5.25. The first-order valence-corrected chi connectivity index (χ1v) is 14.3. The van der Waals surface area contributed by atoms with Crippen molar-refractivity contribution >= 4 is 31.9 Å². The molecule has 4 aromatic rings. The molecule has 0 aliphatic rings. The van der Waals surface area contributed by atoms with Crippen LogP contribution < -0.4 is 9.47 Å². The number of aromatic nitrogens is 3. The minimum Gasteiger partial charge on any atom is -0.497 e. The van der Waals surface area contributed by atoms with Crippen LogP contribution in [0.2, 0.25) is 0 Å². The highest BCUT2D eigenvalue weighted by molar-refractivity contribution is 7.91. The average molecular weight is 543 g/mol. The van der Waals surface area contributed by atoms with E-state index in [1.165, 1.54) is 7.11 Å². The van der Waals surface area contributed by atoms with Gasteiger partial charge in [-0.05, 0) is 57.8 Å². The van der Waals surface area contributed by atoms with Crippen LogP contribution in [-0.4, -0.2) is 59.8 Å². The van der Waals surface area contributed by atoms with Gasteiger partial charge in [-0.2, -0.15) is 0 Å². The Morgan fingerprint density at radius 1 is 1.03 bits per heavy atom. The van der Waals surface area contributed by atoms with Gasteiger partial charge >= 0.3 is 0 Å². The van der Waals surface area contributed by atoms with Crippen molar-refractivity contribution in [1.29, 1.82) is 0 Å². The van der Waals surface area contributed by atoms with Gasteiger partial charge in [-0.15, -0.1) is 0 Å². The summed E-state index contributed by atoms with van der Waals surface area (Å²) >= 11 is 0. The molecule has 0 amide bonds. The number of hydrogen-bond acceptors (Lipinski definition) is 8. The monoisotopic (exact) mass is 542 g/mol. The fourth-order valence-electron chi connectivity index (χ4n) is 4.16. The average Bonchev–Trinajstić information content (AvgIpc) is 3.26. The van der Waals surface area contributed by atoms with E-state index in [9.17, 15) is 12.6 Å². The molecule has 37 heavy (non-hydrogen) atoms.